The number of hydrogen-bond acceptors (Lipinski definition) is 4. The summed E-state index contributed by atoms with van der Waals surface area (Å²) in [5, 5.41) is 11.1. The molecule has 6 heteroatoms. The summed E-state index contributed by atoms with van der Waals surface area (Å²) >= 11 is 2.42. The second-order valence-corrected chi connectivity index (χ2v) is 4.29. The summed E-state index contributed by atoms with van der Waals surface area (Å²) < 4.78 is 1.05. The van der Waals surface area contributed by atoms with Crippen molar-refractivity contribution in [3.63, 3.8) is 0 Å². The standard InChI is InChI=1S/C7H9N2O2S2/c1-4-5(2)13-6(8-4)9(12-3)7(10)11/h1-3H3. The molecule has 0 fully saturated rings. The third-order valence-corrected chi connectivity index (χ3v) is 3.40. The Morgan fingerprint density at radius 2 is 2.15 bits per heavy atom. The van der Waals surface area contributed by atoms with E-state index in [-0.39, 0.29) is 0 Å². The van der Waals surface area contributed by atoms with Gasteiger partial charge < -0.3 is 0 Å². The fraction of sp³-hybridized carbons (Fsp3) is 0.429. The molecule has 0 unspecified atom stereocenters. The molecule has 1 rings (SSSR count). The minimum absolute atomic E-state index is 0.461. The predicted molar refractivity (Wildman–Crippen MR) is 53.7 cm³/mol. The number of nitrogens with zero attached hydrogens (tertiary/aromatic N) is 2. The van der Waals surface area contributed by atoms with Crippen molar-refractivity contribution in [1.29, 1.82) is 0 Å². The first-order chi connectivity index (χ1) is 6.06. The first-order valence-electron chi connectivity index (χ1n) is 3.55. The maximum absolute atomic E-state index is 10.6. The van der Waals surface area contributed by atoms with Crippen LogP contribution in [-0.2, 0) is 5.11 Å². The number of aryl methyl sites for hydroxylation is 2. The van der Waals surface area contributed by atoms with E-state index in [0.717, 1.165) is 26.8 Å². The summed E-state index contributed by atoms with van der Waals surface area (Å²) in [4.78, 5) is 15.7. The van der Waals surface area contributed by atoms with Crippen LogP contribution < -0.4 is 4.31 Å². The third kappa shape index (κ3) is 2.13. The van der Waals surface area contributed by atoms with Crippen LogP contribution in [0.2, 0.25) is 0 Å². The molecule has 4 nitrogen and oxygen atoms in total. The number of amides is 1. The zero-order valence-corrected chi connectivity index (χ0v) is 9.16. The Hall–Kier alpha value is -0.750. The SMILES string of the molecule is CSN(C([O])=O)c1nc(C)c(C)s1. The van der Waals surface area contributed by atoms with E-state index < -0.39 is 6.09 Å². The molecule has 0 aromatic carbocycles. The highest BCUT2D eigenvalue weighted by Gasteiger charge is 2.19. The number of carbonyl (C=O) groups is 1. The lowest BCUT2D eigenvalue weighted by Crippen LogP contribution is -2.19. The summed E-state index contributed by atoms with van der Waals surface area (Å²) in [5.41, 5.74) is 0.861. The normalized spacial score (nSPS) is 10.1. The van der Waals surface area contributed by atoms with Crippen LogP contribution in [0.3, 0.4) is 0 Å². The molecule has 1 heterocycles. The molecule has 0 saturated heterocycles. The van der Waals surface area contributed by atoms with Gasteiger partial charge in [-0.1, -0.05) is 0 Å². The molecule has 1 amide bonds. The smallest absolute Gasteiger partial charge is 0.224 e. The average molecular weight is 217 g/mol. The highest BCUT2D eigenvalue weighted by atomic mass is 32.2. The van der Waals surface area contributed by atoms with Gasteiger partial charge in [0.25, 0.3) is 0 Å². The van der Waals surface area contributed by atoms with Crippen LogP contribution in [0.15, 0.2) is 0 Å². The lowest BCUT2D eigenvalue weighted by molar-refractivity contribution is 0.181. The molecule has 0 atom stereocenters. The molecule has 0 aliphatic heterocycles. The Bertz CT molecular complexity index is 305. The highest BCUT2D eigenvalue weighted by Crippen LogP contribution is 2.28. The zero-order chi connectivity index (χ0) is 10.0. The van der Waals surface area contributed by atoms with Gasteiger partial charge in [-0.15, -0.1) is 11.3 Å². The van der Waals surface area contributed by atoms with E-state index in [4.69, 9.17) is 0 Å². The maximum Gasteiger partial charge on any atom is 0.469 e. The van der Waals surface area contributed by atoms with Gasteiger partial charge in [0.2, 0.25) is 5.13 Å². The molecule has 0 saturated carbocycles. The number of anilines is 1. The van der Waals surface area contributed by atoms with Crippen molar-refractivity contribution < 1.29 is 9.90 Å². The van der Waals surface area contributed by atoms with Gasteiger partial charge in [-0.2, -0.15) is 4.31 Å². The van der Waals surface area contributed by atoms with E-state index >= 15 is 0 Å². The fourth-order valence-electron chi connectivity index (χ4n) is 0.773. The van der Waals surface area contributed by atoms with Crippen molar-refractivity contribution in [2.75, 3.05) is 10.6 Å². The van der Waals surface area contributed by atoms with Gasteiger partial charge in [0, 0.05) is 11.1 Å². The molecule has 0 aliphatic carbocycles. The van der Waals surface area contributed by atoms with Gasteiger partial charge in [0.15, 0.2) is 0 Å². The van der Waals surface area contributed by atoms with E-state index in [9.17, 15) is 9.90 Å². The Balaban J connectivity index is 2.98. The molecule has 1 aromatic heterocycles. The molecule has 1 aromatic rings. The third-order valence-electron chi connectivity index (χ3n) is 1.54. The molecule has 1 radical (unpaired) electrons. The number of thiazole rings is 1. The fourth-order valence-corrected chi connectivity index (χ4v) is 2.26. The summed E-state index contributed by atoms with van der Waals surface area (Å²) in [5.74, 6) is 0. The maximum atomic E-state index is 10.6. The molecular weight excluding hydrogens is 208 g/mol. The van der Waals surface area contributed by atoms with Gasteiger partial charge in [-0.25, -0.2) is 14.9 Å². The van der Waals surface area contributed by atoms with Gasteiger partial charge in [0.05, 0.1) is 5.69 Å². The van der Waals surface area contributed by atoms with Crippen LogP contribution in [0, 0.1) is 13.8 Å². The van der Waals surface area contributed by atoms with E-state index in [1.54, 1.807) is 6.26 Å². The van der Waals surface area contributed by atoms with E-state index in [2.05, 4.69) is 4.98 Å². The van der Waals surface area contributed by atoms with Crippen molar-refractivity contribution in [2.45, 2.75) is 13.8 Å². The predicted octanol–water partition coefficient (Wildman–Crippen LogP) is 2.39. The van der Waals surface area contributed by atoms with Crippen LogP contribution in [0.5, 0.6) is 0 Å². The largest absolute Gasteiger partial charge is 0.469 e. The molecule has 0 bridgehead atoms. The molecule has 0 spiro atoms. The summed E-state index contributed by atoms with van der Waals surface area (Å²) in [6, 6.07) is 0. The molecule has 0 N–H and O–H groups in total. The van der Waals surface area contributed by atoms with Crippen LogP contribution in [-0.4, -0.2) is 17.3 Å². The van der Waals surface area contributed by atoms with E-state index in [1.165, 1.54) is 11.3 Å². The Morgan fingerprint density at radius 3 is 2.46 bits per heavy atom. The van der Waals surface area contributed by atoms with Crippen molar-refractivity contribution in [1.82, 2.24) is 4.98 Å². The monoisotopic (exact) mass is 217 g/mol. The lowest BCUT2D eigenvalue weighted by atomic mass is 10.4. The topological polar surface area (TPSA) is 53.1 Å². The quantitative estimate of drug-likeness (QED) is 0.715. The van der Waals surface area contributed by atoms with Gasteiger partial charge >= 0.3 is 6.09 Å². The molecule has 13 heavy (non-hydrogen) atoms. The van der Waals surface area contributed by atoms with E-state index in [0.29, 0.717) is 5.13 Å². The number of rotatable bonds is 2. The van der Waals surface area contributed by atoms with E-state index in [1.807, 2.05) is 13.8 Å². The van der Waals surface area contributed by atoms with Gasteiger partial charge in [-0.05, 0) is 25.8 Å². The van der Waals surface area contributed by atoms with Gasteiger partial charge in [-0.3, -0.25) is 0 Å². The lowest BCUT2D eigenvalue weighted by Gasteiger charge is -2.08. The minimum atomic E-state index is -1.23. The van der Waals surface area contributed by atoms with Crippen molar-refractivity contribution >= 4 is 34.5 Å². The van der Waals surface area contributed by atoms with Crippen molar-refractivity contribution in [2.24, 2.45) is 0 Å². The van der Waals surface area contributed by atoms with Crippen LogP contribution in [0.1, 0.15) is 10.6 Å². The van der Waals surface area contributed by atoms with Crippen LogP contribution in [0.4, 0.5) is 9.93 Å². The first-order valence-corrected chi connectivity index (χ1v) is 5.55. The first kappa shape index (κ1) is 10.3. The van der Waals surface area contributed by atoms with Crippen LogP contribution >= 0.6 is 23.3 Å². The minimum Gasteiger partial charge on any atom is -0.224 e. The highest BCUT2D eigenvalue weighted by molar-refractivity contribution is 8.00. The number of carbonyl (C=O) groups excluding carboxylic acids is 1. The Labute approximate surface area is 84.7 Å². The zero-order valence-electron chi connectivity index (χ0n) is 7.53. The summed E-state index contributed by atoms with van der Waals surface area (Å²) in [7, 11) is 0. The summed E-state index contributed by atoms with van der Waals surface area (Å²) in [6.07, 6.45) is 0.434. The second-order valence-electron chi connectivity index (χ2n) is 2.38. The average Bonchev–Trinajstić information content (AvgIpc) is 2.32. The van der Waals surface area contributed by atoms with Crippen molar-refractivity contribution in [3.05, 3.63) is 10.6 Å². The Kier molecular flexibility index (Phi) is 3.16. The summed E-state index contributed by atoms with van der Waals surface area (Å²) in [6.45, 7) is 3.76. The number of aromatic nitrogens is 1. The Morgan fingerprint density at radius 1 is 1.54 bits per heavy atom. The van der Waals surface area contributed by atoms with Crippen molar-refractivity contribution in [3.8, 4) is 0 Å². The molecular formula is C7H9N2O2S2. The second kappa shape index (κ2) is 3.97. The van der Waals surface area contributed by atoms with Crippen LogP contribution in [0.25, 0.3) is 0 Å². The molecule has 71 valence electrons. The number of hydrogen-bond donors (Lipinski definition) is 0. The molecule has 0 aliphatic rings. The van der Waals surface area contributed by atoms with Gasteiger partial charge in [0.1, 0.15) is 0 Å².